The lowest BCUT2D eigenvalue weighted by molar-refractivity contribution is 0.154. The van der Waals surface area contributed by atoms with E-state index in [9.17, 15) is 0 Å². The van der Waals surface area contributed by atoms with Gasteiger partial charge in [0.15, 0.2) is 0 Å². The Morgan fingerprint density at radius 2 is 2.24 bits per heavy atom. The van der Waals surface area contributed by atoms with Crippen LogP contribution in [0.5, 0.6) is 5.75 Å². The Morgan fingerprint density at radius 3 is 2.94 bits per heavy atom. The molecular formula is C14H22N2O. The highest BCUT2D eigenvalue weighted by atomic mass is 16.5. The monoisotopic (exact) mass is 234 g/mol. The molecule has 1 aromatic carbocycles. The van der Waals surface area contributed by atoms with E-state index in [1.54, 1.807) is 0 Å². The minimum absolute atomic E-state index is 0.310. The maximum atomic E-state index is 5.95. The van der Waals surface area contributed by atoms with Gasteiger partial charge in [-0.25, -0.2) is 0 Å². The van der Waals surface area contributed by atoms with Gasteiger partial charge in [0.2, 0.25) is 0 Å². The predicted octanol–water partition coefficient (Wildman–Crippen LogP) is 1.66. The molecule has 3 heteroatoms. The van der Waals surface area contributed by atoms with Crippen molar-refractivity contribution >= 4 is 0 Å². The Bertz CT molecular complexity index is 329. The number of hydrogen-bond acceptors (Lipinski definition) is 3. The van der Waals surface area contributed by atoms with Crippen LogP contribution in [-0.4, -0.2) is 37.2 Å². The fourth-order valence-electron chi connectivity index (χ4n) is 2.34. The summed E-state index contributed by atoms with van der Waals surface area (Å²) >= 11 is 0. The molecule has 94 valence electrons. The number of ether oxygens (including phenoxy) is 1. The summed E-state index contributed by atoms with van der Waals surface area (Å²) < 4.78 is 5.95. The molecule has 0 radical (unpaired) electrons. The molecule has 0 aromatic heterocycles. The average molecular weight is 234 g/mol. The molecule has 1 unspecified atom stereocenters. The molecule has 2 rings (SSSR count). The zero-order chi connectivity index (χ0) is 12.1. The maximum Gasteiger partial charge on any atom is 0.123 e. The summed E-state index contributed by atoms with van der Waals surface area (Å²) in [7, 11) is 0. The number of para-hydroxylation sites is 1. The number of likely N-dealkylation sites (N-methyl/N-ethyl adjacent to an activating group) is 1. The van der Waals surface area contributed by atoms with Gasteiger partial charge in [-0.15, -0.1) is 0 Å². The Labute approximate surface area is 104 Å². The summed E-state index contributed by atoms with van der Waals surface area (Å²) in [5.41, 5.74) is 6.89. The van der Waals surface area contributed by atoms with Crippen LogP contribution in [0.25, 0.3) is 0 Å². The molecule has 0 saturated carbocycles. The first-order valence-electron chi connectivity index (χ1n) is 6.50. The fraction of sp³-hybridized carbons (Fsp3) is 0.571. The summed E-state index contributed by atoms with van der Waals surface area (Å²) in [6.45, 7) is 6.10. The molecule has 0 saturated heterocycles. The Balaban J connectivity index is 1.85. The first kappa shape index (κ1) is 12.4. The van der Waals surface area contributed by atoms with Gasteiger partial charge in [-0.3, -0.25) is 4.90 Å². The molecule has 1 aliphatic heterocycles. The van der Waals surface area contributed by atoms with Crippen LogP contribution in [0.4, 0.5) is 0 Å². The molecule has 2 N–H and O–H groups in total. The van der Waals surface area contributed by atoms with Crippen LogP contribution < -0.4 is 10.5 Å². The normalized spacial score (nSPS) is 18.2. The van der Waals surface area contributed by atoms with E-state index in [2.05, 4.69) is 30.0 Å². The summed E-state index contributed by atoms with van der Waals surface area (Å²) in [6.07, 6.45) is 2.41. The largest absolute Gasteiger partial charge is 0.488 e. The summed E-state index contributed by atoms with van der Waals surface area (Å²) in [4.78, 5) is 2.42. The Kier molecular flexibility index (Phi) is 4.40. The molecule has 0 fully saturated rings. The highest BCUT2D eigenvalue weighted by Crippen LogP contribution is 2.28. The van der Waals surface area contributed by atoms with Crippen molar-refractivity contribution in [2.24, 2.45) is 5.73 Å². The SMILES string of the molecule is CCN(CCCN)CC1Cc2ccccc2O1. The van der Waals surface area contributed by atoms with Crippen LogP contribution in [0, 0.1) is 0 Å². The van der Waals surface area contributed by atoms with Crippen LogP contribution in [0.15, 0.2) is 24.3 Å². The van der Waals surface area contributed by atoms with E-state index in [0.717, 1.165) is 44.8 Å². The van der Waals surface area contributed by atoms with Crippen molar-refractivity contribution < 1.29 is 4.74 Å². The van der Waals surface area contributed by atoms with Gasteiger partial charge >= 0.3 is 0 Å². The summed E-state index contributed by atoms with van der Waals surface area (Å²) in [5, 5.41) is 0. The van der Waals surface area contributed by atoms with E-state index >= 15 is 0 Å². The van der Waals surface area contributed by atoms with Crippen LogP contribution in [0.3, 0.4) is 0 Å². The standard InChI is InChI=1S/C14H22N2O/c1-2-16(9-5-8-15)11-13-10-12-6-3-4-7-14(12)17-13/h3-4,6-7,13H,2,5,8-11,15H2,1H3. The quantitative estimate of drug-likeness (QED) is 0.813. The first-order valence-corrected chi connectivity index (χ1v) is 6.50. The van der Waals surface area contributed by atoms with Crippen molar-refractivity contribution in [2.45, 2.75) is 25.9 Å². The van der Waals surface area contributed by atoms with Gasteiger partial charge in [-0.2, -0.15) is 0 Å². The highest BCUT2D eigenvalue weighted by molar-refractivity contribution is 5.37. The molecule has 0 spiro atoms. The molecule has 0 aliphatic carbocycles. The molecule has 17 heavy (non-hydrogen) atoms. The molecule has 0 amide bonds. The summed E-state index contributed by atoms with van der Waals surface area (Å²) in [5.74, 6) is 1.06. The van der Waals surface area contributed by atoms with Crippen molar-refractivity contribution in [1.82, 2.24) is 4.90 Å². The van der Waals surface area contributed by atoms with Crippen LogP contribution >= 0.6 is 0 Å². The molecule has 1 aromatic rings. The van der Waals surface area contributed by atoms with E-state index in [4.69, 9.17) is 10.5 Å². The van der Waals surface area contributed by atoms with Crippen molar-refractivity contribution in [3.05, 3.63) is 29.8 Å². The zero-order valence-corrected chi connectivity index (χ0v) is 10.6. The Hall–Kier alpha value is -1.06. The number of fused-ring (bicyclic) bond motifs is 1. The van der Waals surface area contributed by atoms with Crippen LogP contribution in [0.2, 0.25) is 0 Å². The van der Waals surface area contributed by atoms with E-state index in [-0.39, 0.29) is 0 Å². The van der Waals surface area contributed by atoms with Gasteiger partial charge in [0, 0.05) is 13.0 Å². The van der Waals surface area contributed by atoms with E-state index in [1.165, 1.54) is 5.56 Å². The van der Waals surface area contributed by atoms with E-state index in [1.807, 2.05) is 6.07 Å². The van der Waals surface area contributed by atoms with Crippen molar-refractivity contribution in [2.75, 3.05) is 26.2 Å². The molecule has 1 atom stereocenters. The second-order valence-electron chi connectivity index (χ2n) is 4.59. The van der Waals surface area contributed by atoms with Gasteiger partial charge in [-0.05, 0) is 37.7 Å². The van der Waals surface area contributed by atoms with Gasteiger partial charge in [0.25, 0.3) is 0 Å². The molecule has 1 aliphatic rings. The highest BCUT2D eigenvalue weighted by Gasteiger charge is 2.23. The van der Waals surface area contributed by atoms with Gasteiger partial charge in [0.05, 0.1) is 0 Å². The van der Waals surface area contributed by atoms with Crippen LogP contribution in [-0.2, 0) is 6.42 Å². The third-order valence-corrected chi connectivity index (χ3v) is 3.30. The third-order valence-electron chi connectivity index (χ3n) is 3.30. The van der Waals surface area contributed by atoms with Gasteiger partial charge < -0.3 is 10.5 Å². The number of nitrogens with zero attached hydrogens (tertiary/aromatic N) is 1. The van der Waals surface area contributed by atoms with Gasteiger partial charge in [-0.1, -0.05) is 25.1 Å². The molecule has 0 bridgehead atoms. The first-order chi connectivity index (χ1) is 8.33. The van der Waals surface area contributed by atoms with Crippen LogP contribution in [0.1, 0.15) is 18.9 Å². The number of rotatable bonds is 6. The zero-order valence-electron chi connectivity index (χ0n) is 10.6. The number of hydrogen-bond donors (Lipinski definition) is 1. The number of nitrogens with two attached hydrogens (primary N) is 1. The third kappa shape index (κ3) is 3.20. The molecule has 1 heterocycles. The second kappa shape index (κ2) is 6.03. The lowest BCUT2D eigenvalue weighted by Gasteiger charge is -2.23. The van der Waals surface area contributed by atoms with E-state index in [0.29, 0.717) is 6.10 Å². The second-order valence-corrected chi connectivity index (χ2v) is 4.59. The van der Waals surface area contributed by atoms with Crippen molar-refractivity contribution in [1.29, 1.82) is 0 Å². The minimum atomic E-state index is 0.310. The van der Waals surface area contributed by atoms with Gasteiger partial charge in [0.1, 0.15) is 11.9 Å². The maximum absolute atomic E-state index is 5.95. The lowest BCUT2D eigenvalue weighted by atomic mass is 10.1. The predicted molar refractivity (Wildman–Crippen MR) is 70.3 cm³/mol. The minimum Gasteiger partial charge on any atom is -0.488 e. The Morgan fingerprint density at radius 1 is 1.41 bits per heavy atom. The molecular weight excluding hydrogens is 212 g/mol. The van der Waals surface area contributed by atoms with E-state index < -0.39 is 0 Å². The lowest BCUT2D eigenvalue weighted by Crippen LogP contribution is -2.36. The fourth-order valence-corrected chi connectivity index (χ4v) is 2.34. The van der Waals surface area contributed by atoms with Crippen molar-refractivity contribution in [3.63, 3.8) is 0 Å². The topological polar surface area (TPSA) is 38.5 Å². The summed E-state index contributed by atoms with van der Waals surface area (Å²) in [6, 6.07) is 8.33. The number of benzene rings is 1. The smallest absolute Gasteiger partial charge is 0.123 e. The average Bonchev–Trinajstić information content (AvgIpc) is 2.76. The molecule has 3 nitrogen and oxygen atoms in total. The van der Waals surface area contributed by atoms with Crippen molar-refractivity contribution in [3.8, 4) is 5.75 Å².